The van der Waals surface area contributed by atoms with Crippen molar-refractivity contribution in [1.29, 1.82) is 0 Å². The fourth-order valence-electron chi connectivity index (χ4n) is 2.85. The Labute approximate surface area is 118 Å². The number of carbonyl (C=O) groups is 1. The van der Waals surface area contributed by atoms with Crippen LogP contribution in [0, 0.1) is 11.8 Å². The van der Waals surface area contributed by atoms with Crippen molar-refractivity contribution < 1.29 is 4.79 Å². The van der Waals surface area contributed by atoms with Crippen molar-refractivity contribution in [2.75, 3.05) is 13.1 Å². The van der Waals surface area contributed by atoms with E-state index in [1.807, 2.05) is 29.2 Å². The molecular formula is C15H19ClN2O. The number of nitrogens with zero attached hydrogens (tertiary/aromatic N) is 1. The summed E-state index contributed by atoms with van der Waals surface area (Å²) in [7, 11) is 0. The predicted octanol–water partition coefficient (Wildman–Crippen LogP) is 2.82. The summed E-state index contributed by atoms with van der Waals surface area (Å²) in [5.74, 6) is 1.59. The number of rotatable bonds is 4. The Bertz CT molecular complexity index is 487. The molecule has 1 amide bonds. The van der Waals surface area contributed by atoms with Gasteiger partial charge in [0.2, 0.25) is 5.91 Å². The van der Waals surface area contributed by atoms with Gasteiger partial charge in [-0.05, 0) is 42.4 Å². The summed E-state index contributed by atoms with van der Waals surface area (Å²) in [6.45, 7) is 3.51. The number of benzene rings is 1. The van der Waals surface area contributed by atoms with E-state index in [-0.39, 0.29) is 12.1 Å². The van der Waals surface area contributed by atoms with E-state index in [0.29, 0.717) is 17.5 Å². The number of hydrogen-bond donors (Lipinski definition) is 1. The van der Waals surface area contributed by atoms with E-state index in [0.717, 1.165) is 18.0 Å². The zero-order valence-electron chi connectivity index (χ0n) is 11.1. The molecule has 1 aliphatic heterocycles. The van der Waals surface area contributed by atoms with E-state index in [1.165, 1.54) is 12.8 Å². The molecule has 2 unspecified atom stereocenters. The van der Waals surface area contributed by atoms with Crippen LogP contribution in [0.1, 0.15) is 31.5 Å². The van der Waals surface area contributed by atoms with E-state index >= 15 is 0 Å². The molecule has 19 heavy (non-hydrogen) atoms. The number of hydrogen-bond acceptors (Lipinski definition) is 2. The highest BCUT2D eigenvalue weighted by Gasteiger charge is 2.36. The third-order valence-corrected chi connectivity index (χ3v) is 4.39. The maximum atomic E-state index is 12.1. The standard InChI is InChI=1S/C15H19ClN2O/c1-10(11-5-6-11)9-18-14(19)8-17-15(18)12-3-2-4-13(16)7-12/h2-4,7,10-11,15,17H,5-6,8-9H2,1H3. The first-order valence-corrected chi connectivity index (χ1v) is 7.31. The number of carbonyl (C=O) groups excluding carboxylic acids is 1. The molecule has 1 aromatic carbocycles. The lowest BCUT2D eigenvalue weighted by atomic mass is 10.0. The van der Waals surface area contributed by atoms with Crippen molar-refractivity contribution in [2.24, 2.45) is 11.8 Å². The van der Waals surface area contributed by atoms with E-state index in [1.54, 1.807) is 0 Å². The van der Waals surface area contributed by atoms with E-state index in [2.05, 4.69) is 12.2 Å². The van der Waals surface area contributed by atoms with Crippen molar-refractivity contribution in [2.45, 2.75) is 25.9 Å². The van der Waals surface area contributed by atoms with E-state index in [4.69, 9.17) is 11.6 Å². The first-order valence-electron chi connectivity index (χ1n) is 6.93. The van der Waals surface area contributed by atoms with E-state index < -0.39 is 0 Å². The van der Waals surface area contributed by atoms with Crippen molar-refractivity contribution in [3.05, 3.63) is 34.9 Å². The molecule has 1 N–H and O–H groups in total. The Morgan fingerprint density at radius 2 is 2.26 bits per heavy atom. The summed E-state index contributed by atoms with van der Waals surface area (Å²) in [6, 6.07) is 7.76. The van der Waals surface area contributed by atoms with Crippen molar-refractivity contribution in [3.63, 3.8) is 0 Å². The topological polar surface area (TPSA) is 32.3 Å². The molecule has 0 bridgehead atoms. The summed E-state index contributed by atoms with van der Waals surface area (Å²) in [4.78, 5) is 14.0. The third-order valence-electron chi connectivity index (χ3n) is 4.15. The van der Waals surface area contributed by atoms with Crippen LogP contribution >= 0.6 is 11.6 Å². The van der Waals surface area contributed by atoms with Crippen LogP contribution in [0.4, 0.5) is 0 Å². The Hall–Kier alpha value is -1.06. The molecule has 1 saturated heterocycles. The molecule has 0 spiro atoms. The number of halogens is 1. The Morgan fingerprint density at radius 3 is 2.95 bits per heavy atom. The van der Waals surface area contributed by atoms with Gasteiger partial charge >= 0.3 is 0 Å². The molecule has 1 saturated carbocycles. The van der Waals surface area contributed by atoms with Crippen LogP contribution in [0.15, 0.2) is 24.3 Å². The second-order valence-electron chi connectivity index (χ2n) is 5.70. The van der Waals surface area contributed by atoms with Gasteiger partial charge < -0.3 is 4.90 Å². The summed E-state index contributed by atoms with van der Waals surface area (Å²) in [5.41, 5.74) is 1.07. The van der Waals surface area contributed by atoms with Gasteiger partial charge in [0.05, 0.1) is 6.54 Å². The molecule has 1 heterocycles. The van der Waals surface area contributed by atoms with Crippen LogP contribution in [-0.2, 0) is 4.79 Å². The highest BCUT2D eigenvalue weighted by Crippen LogP contribution is 2.38. The zero-order chi connectivity index (χ0) is 13.4. The van der Waals surface area contributed by atoms with Crippen molar-refractivity contribution >= 4 is 17.5 Å². The van der Waals surface area contributed by atoms with Gasteiger partial charge in [0.25, 0.3) is 0 Å². The number of amides is 1. The largest absolute Gasteiger partial charge is 0.322 e. The lowest BCUT2D eigenvalue weighted by Gasteiger charge is -2.27. The van der Waals surface area contributed by atoms with Crippen molar-refractivity contribution in [1.82, 2.24) is 10.2 Å². The number of nitrogens with one attached hydrogen (secondary N) is 1. The molecule has 1 aliphatic carbocycles. The summed E-state index contributed by atoms with van der Waals surface area (Å²) in [5, 5.41) is 4.00. The maximum Gasteiger partial charge on any atom is 0.238 e. The van der Waals surface area contributed by atoms with Gasteiger partial charge in [0.15, 0.2) is 0 Å². The zero-order valence-corrected chi connectivity index (χ0v) is 11.9. The minimum Gasteiger partial charge on any atom is -0.322 e. The van der Waals surface area contributed by atoms with E-state index in [9.17, 15) is 4.79 Å². The van der Waals surface area contributed by atoms with Crippen LogP contribution in [0.2, 0.25) is 5.02 Å². The minimum atomic E-state index is -0.0209. The molecule has 0 radical (unpaired) electrons. The van der Waals surface area contributed by atoms with Crippen LogP contribution in [0.5, 0.6) is 0 Å². The minimum absolute atomic E-state index is 0.0209. The van der Waals surface area contributed by atoms with Gasteiger partial charge in [0.1, 0.15) is 6.17 Å². The van der Waals surface area contributed by atoms with Crippen molar-refractivity contribution in [3.8, 4) is 0 Å². The SMILES string of the molecule is CC(CN1C(=O)CNC1c1cccc(Cl)c1)C1CC1. The maximum absolute atomic E-state index is 12.1. The van der Waals surface area contributed by atoms with Crippen LogP contribution in [0.25, 0.3) is 0 Å². The normalized spacial score (nSPS) is 24.8. The Balaban J connectivity index is 1.77. The van der Waals surface area contributed by atoms with Crippen LogP contribution < -0.4 is 5.32 Å². The second-order valence-corrected chi connectivity index (χ2v) is 6.14. The second kappa shape index (κ2) is 5.14. The highest BCUT2D eigenvalue weighted by atomic mass is 35.5. The lowest BCUT2D eigenvalue weighted by Crippen LogP contribution is -2.34. The quantitative estimate of drug-likeness (QED) is 0.919. The monoisotopic (exact) mass is 278 g/mol. The molecule has 4 heteroatoms. The third kappa shape index (κ3) is 2.77. The highest BCUT2D eigenvalue weighted by molar-refractivity contribution is 6.30. The van der Waals surface area contributed by atoms with Gasteiger partial charge in [-0.2, -0.15) is 0 Å². The first kappa shape index (κ1) is 12.9. The van der Waals surface area contributed by atoms with Crippen LogP contribution in [0.3, 0.4) is 0 Å². The Morgan fingerprint density at radius 1 is 1.47 bits per heavy atom. The first-order chi connectivity index (χ1) is 9.15. The van der Waals surface area contributed by atoms with Gasteiger partial charge in [0, 0.05) is 11.6 Å². The Kier molecular flexibility index (Phi) is 3.50. The fourth-order valence-corrected chi connectivity index (χ4v) is 3.04. The molecule has 0 aromatic heterocycles. The lowest BCUT2D eigenvalue weighted by molar-refractivity contribution is -0.128. The molecule has 3 nitrogen and oxygen atoms in total. The molecule has 2 fully saturated rings. The van der Waals surface area contributed by atoms with Crippen LogP contribution in [-0.4, -0.2) is 23.9 Å². The molecule has 2 aliphatic rings. The van der Waals surface area contributed by atoms with Gasteiger partial charge in [-0.1, -0.05) is 30.7 Å². The summed E-state index contributed by atoms with van der Waals surface area (Å²) < 4.78 is 0. The average molecular weight is 279 g/mol. The molecule has 3 rings (SSSR count). The molecule has 2 atom stereocenters. The fraction of sp³-hybridized carbons (Fsp3) is 0.533. The van der Waals surface area contributed by atoms with Gasteiger partial charge in [-0.25, -0.2) is 0 Å². The summed E-state index contributed by atoms with van der Waals surface area (Å²) in [6.07, 6.45) is 2.61. The van der Waals surface area contributed by atoms with Gasteiger partial charge in [-0.15, -0.1) is 0 Å². The predicted molar refractivity (Wildman–Crippen MR) is 75.8 cm³/mol. The summed E-state index contributed by atoms with van der Waals surface area (Å²) >= 11 is 6.04. The smallest absolute Gasteiger partial charge is 0.238 e. The molecule has 1 aromatic rings. The average Bonchev–Trinajstić information content (AvgIpc) is 3.17. The molecule has 102 valence electrons. The molecular weight excluding hydrogens is 260 g/mol. The van der Waals surface area contributed by atoms with Gasteiger partial charge in [-0.3, -0.25) is 10.1 Å².